The van der Waals surface area contributed by atoms with Crippen molar-refractivity contribution in [2.24, 2.45) is 0 Å². The maximum atomic E-state index is 3.56. The second-order valence-electron chi connectivity index (χ2n) is 4.31. The van der Waals surface area contributed by atoms with Crippen LogP contribution in [0.3, 0.4) is 0 Å². The van der Waals surface area contributed by atoms with Gasteiger partial charge in [0.25, 0.3) is 0 Å². The molecule has 1 atom stereocenters. The van der Waals surface area contributed by atoms with Crippen molar-refractivity contribution in [2.75, 3.05) is 0 Å². The van der Waals surface area contributed by atoms with Crippen LogP contribution >= 0.6 is 50.4 Å². The van der Waals surface area contributed by atoms with Crippen molar-refractivity contribution in [3.8, 4) is 10.4 Å². The van der Waals surface area contributed by atoms with E-state index in [1.54, 1.807) is 0 Å². The van der Waals surface area contributed by atoms with Crippen molar-refractivity contribution in [3.63, 3.8) is 0 Å². The van der Waals surface area contributed by atoms with Crippen molar-refractivity contribution in [2.45, 2.75) is 24.5 Å². The predicted molar refractivity (Wildman–Crippen MR) is 88.6 cm³/mol. The first-order chi connectivity index (χ1) is 8.75. The minimum Gasteiger partial charge on any atom is -0.147 e. The zero-order valence-corrected chi connectivity index (χ0v) is 14.0. The molecule has 1 aliphatic heterocycles. The Hall–Kier alpha value is -0.0300. The van der Waals surface area contributed by atoms with Crippen LogP contribution in [0.25, 0.3) is 10.4 Å². The van der Waals surface area contributed by atoms with Gasteiger partial charge in [-0.2, -0.15) is 0 Å². The van der Waals surface area contributed by atoms with Crippen molar-refractivity contribution >= 4 is 50.4 Å². The third kappa shape index (κ3) is 2.13. The molecule has 4 heteroatoms. The third-order valence-electron chi connectivity index (χ3n) is 3.33. The SMILES string of the molecule is CCC1(c2sccc2-c2ccc(Br)s2)CC=CS1. The molecule has 1 unspecified atom stereocenters. The Bertz CT molecular complexity index is 571. The molecule has 1 aliphatic rings. The van der Waals surface area contributed by atoms with Gasteiger partial charge in [-0.05, 0) is 57.8 Å². The Morgan fingerprint density at radius 1 is 1.33 bits per heavy atom. The van der Waals surface area contributed by atoms with E-state index in [0.29, 0.717) is 0 Å². The lowest BCUT2D eigenvalue weighted by molar-refractivity contribution is 0.632. The maximum absolute atomic E-state index is 3.56. The number of thiophene rings is 2. The minimum atomic E-state index is 0.278. The van der Waals surface area contributed by atoms with Gasteiger partial charge in [-0.25, -0.2) is 0 Å². The molecular formula is C14H13BrS3. The Kier molecular flexibility index (Phi) is 3.72. The summed E-state index contributed by atoms with van der Waals surface area (Å²) < 4.78 is 1.48. The van der Waals surface area contributed by atoms with Crippen molar-refractivity contribution in [1.29, 1.82) is 0 Å². The van der Waals surface area contributed by atoms with Crippen LogP contribution in [0.1, 0.15) is 24.6 Å². The van der Waals surface area contributed by atoms with Crippen LogP contribution in [0.4, 0.5) is 0 Å². The molecule has 0 fully saturated rings. The topological polar surface area (TPSA) is 0 Å². The summed E-state index contributed by atoms with van der Waals surface area (Å²) in [6.45, 7) is 2.30. The molecule has 0 saturated heterocycles. The van der Waals surface area contributed by atoms with Crippen LogP contribution in [0.15, 0.2) is 38.8 Å². The van der Waals surface area contributed by atoms with Crippen LogP contribution < -0.4 is 0 Å². The lowest BCUT2D eigenvalue weighted by atomic mass is 9.96. The summed E-state index contributed by atoms with van der Waals surface area (Å²) in [5.74, 6) is 0. The van der Waals surface area contributed by atoms with Gasteiger partial charge in [-0.1, -0.05) is 13.0 Å². The second kappa shape index (κ2) is 5.16. The first-order valence-electron chi connectivity index (χ1n) is 5.92. The van der Waals surface area contributed by atoms with Crippen LogP contribution in [-0.4, -0.2) is 0 Å². The summed E-state index contributed by atoms with van der Waals surface area (Å²) in [5, 5.41) is 4.49. The molecule has 18 heavy (non-hydrogen) atoms. The summed E-state index contributed by atoms with van der Waals surface area (Å²) in [5.41, 5.74) is 1.42. The lowest BCUT2D eigenvalue weighted by Crippen LogP contribution is -2.16. The molecule has 2 aromatic heterocycles. The summed E-state index contributed by atoms with van der Waals surface area (Å²) >= 11 is 9.27. The molecule has 0 aliphatic carbocycles. The predicted octanol–water partition coefficient (Wildman–Crippen LogP) is 6.50. The molecule has 94 valence electrons. The Labute approximate surface area is 128 Å². The summed E-state index contributed by atoms with van der Waals surface area (Å²) in [7, 11) is 0. The van der Waals surface area contributed by atoms with Gasteiger partial charge in [0.15, 0.2) is 0 Å². The molecular weight excluding hydrogens is 344 g/mol. The summed E-state index contributed by atoms with van der Waals surface area (Å²) in [4.78, 5) is 2.91. The molecule has 0 bridgehead atoms. The number of halogens is 1. The van der Waals surface area contributed by atoms with E-state index in [4.69, 9.17) is 0 Å². The van der Waals surface area contributed by atoms with Gasteiger partial charge in [0.05, 0.1) is 8.53 Å². The standard InChI is InChI=1S/C14H13BrS3/c1-2-14(7-3-8-17-14)13-10(6-9-16-13)11-4-5-12(15)18-11/h3-6,8-9H,2,7H2,1H3. The monoisotopic (exact) mass is 356 g/mol. The third-order valence-corrected chi connectivity index (χ3v) is 7.67. The first kappa shape index (κ1) is 13.0. The molecule has 0 saturated carbocycles. The fourth-order valence-electron chi connectivity index (χ4n) is 2.31. The highest BCUT2D eigenvalue weighted by Gasteiger charge is 2.35. The van der Waals surface area contributed by atoms with Gasteiger partial charge in [0.1, 0.15) is 0 Å². The highest BCUT2D eigenvalue weighted by molar-refractivity contribution is 9.11. The van der Waals surface area contributed by atoms with Crippen molar-refractivity contribution in [3.05, 3.63) is 43.7 Å². The molecule has 3 heterocycles. The largest absolute Gasteiger partial charge is 0.147 e. The number of thioether (sulfide) groups is 1. The lowest BCUT2D eigenvalue weighted by Gasteiger charge is -2.26. The molecule has 0 spiro atoms. The Morgan fingerprint density at radius 3 is 2.83 bits per heavy atom. The van der Waals surface area contributed by atoms with Crippen LogP contribution in [-0.2, 0) is 4.75 Å². The van der Waals surface area contributed by atoms with E-state index < -0.39 is 0 Å². The average molecular weight is 357 g/mol. The van der Waals surface area contributed by atoms with E-state index in [1.807, 2.05) is 34.4 Å². The van der Waals surface area contributed by atoms with Crippen LogP contribution in [0.2, 0.25) is 0 Å². The van der Waals surface area contributed by atoms with Gasteiger partial charge in [0, 0.05) is 15.3 Å². The zero-order chi connectivity index (χ0) is 12.6. The van der Waals surface area contributed by atoms with Gasteiger partial charge < -0.3 is 0 Å². The smallest absolute Gasteiger partial charge is 0.0705 e. The molecule has 0 amide bonds. The summed E-state index contributed by atoms with van der Waals surface area (Å²) in [6.07, 6.45) is 4.65. The van der Waals surface area contributed by atoms with E-state index in [9.17, 15) is 0 Å². The van der Waals surface area contributed by atoms with Crippen LogP contribution in [0, 0.1) is 0 Å². The van der Waals surface area contributed by atoms with Gasteiger partial charge in [-0.3, -0.25) is 0 Å². The number of hydrogen-bond acceptors (Lipinski definition) is 3. The Balaban J connectivity index is 2.06. The normalized spacial score (nSPS) is 22.8. The molecule has 0 radical (unpaired) electrons. The molecule has 3 rings (SSSR count). The Morgan fingerprint density at radius 2 is 2.22 bits per heavy atom. The highest BCUT2D eigenvalue weighted by atomic mass is 79.9. The van der Waals surface area contributed by atoms with E-state index in [-0.39, 0.29) is 4.75 Å². The van der Waals surface area contributed by atoms with Crippen molar-refractivity contribution < 1.29 is 0 Å². The van der Waals surface area contributed by atoms with Crippen molar-refractivity contribution in [1.82, 2.24) is 0 Å². The summed E-state index contributed by atoms with van der Waals surface area (Å²) in [6, 6.07) is 6.63. The maximum Gasteiger partial charge on any atom is 0.0705 e. The molecule has 2 aromatic rings. The average Bonchev–Trinajstić information content (AvgIpc) is 3.08. The van der Waals surface area contributed by atoms with E-state index in [0.717, 1.165) is 6.42 Å². The minimum absolute atomic E-state index is 0.278. The number of rotatable bonds is 3. The van der Waals surface area contributed by atoms with Crippen LogP contribution in [0.5, 0.6) is 0 Å². The molecule has 0 nitrogen and oxygen atoms in total. The molecule has 0 aromatic carbocycles. The number of allylic oxidation sites excluding steroid dienone is 1. The highest BCUT2D eigenvalue weighted by Crippen LogP contribution is 2.53. The first-order valence-corrected chi connectivity index (χ1v) is 9.28. The van der Waals surface area contributed by atoms with Gasteiger partial charge in [-0.15, -0.1) is 34.4 Å². The van der Waals surface area contributed by atoms with Gasteiger partial charge in [0.2, 0.25) is 0 Å². The van der Waals surface area contributed by atoms with Gasteiger partial charge >= 0.3 is 0 Å². The second-order valence-corrected chi connectivity index (χ2v) is 8.98. The zero-order valence-electron chi connectivity index (χ0n) is 9.98. The van der Waals surface area contributed by atoms with E-state index in [1.165, 1.54) is 25.5 Å². The molecule has 0 N–H and O–H groups in total. The fourth-order valence-corrected chi connectivity index (χ4v) is 6.20. The fraction of sp³-hybridized carbons (Fsp3) is 0.286. The number of hydrogen-bond donors (Lipinski definition) is 0. The van der Waals surface area contributed by atoms with E-state index in [2.05, 4.69) is 57.9 Å². The van der Waals surface area contributed by atoms with E-state index >= 15 is 0 Å². The quantitative estimate of drug-likeness (QED) is 0.604.